The Labute approximate surface area is 136 Å². The van der Waals surface area contributed by atoms with Crippen LogP contribution in [0.5, 0.6) is 0 Å². The number of methoxy groups -OCH3 is 1. The monoisotopic (exact) mass is 349 g/mol. The molecule has 2 atom stereocenters. The van der Waals surface area contributed by atoms with Gasteiger partial charge in [-0.25, -0.2) is 9.59 Å². The van der Waals surface area contributed by atoms with E-state index < -0.39 is 35.3 Å². The van der Waals surface area contributed by atoms with Crippen molar-refractivity contribution in [2.75, 3.05) is 19.0 Å². The highest BCUT2D eigenvalue weighted by Crippen LogP contribution is 2.40. The molecule has 2 N–H and O–H groups in total. The molecule has 0 aliphatic rings. The molecule has 0 aliphatic carbocycles. The summed E-state index contributed by atoms with van der Waals surface area (Å²) < 4.78 is 48.2. The summed E-state index contributed by atoms with van der Waals surface area (Å²) in [4.78, 5) is 22.9. The van der Waals surface area contributed by atoms with E-state index in [1.165, 1.54) is 19.1 Å². The summed E-state index contributed by atoms with van der Waals surface area (Å²) in [6.07, 6.45) is -5.26. The third kappa shape index (κ3) is 3.97. The lowest BCUT2D eigenvalue weighted by Crippen LogP contribution is -2.49. The lowest BCUT2D eigenvalue weighted by atomic mass is 9.93. The number of esters is 2. The van der Waals surface area contributed by atoms with Gasteiger partial charge in [-0.1, -0.05) is 12.1 Å². The SMILES string of the molecule is CCOC(=O)C(C)Nc1ccc(C(O)(C(=O)OC)C(F)(F)F)cc1. The number of anilines is 1. The van der Waals surface area contributed by atoms with Gasteiger partial charge in [-0.05, 0) is 26.0 Å². The van der Waals surface area contributed by atoms with Gasteiger partial charge in [-0.15, -0.1) is 0 Å². The average molecular weight is 349 g/mol. The van der Waals surface area contributed by atoms with Crippen molar-refractivity contribution in [1.29, 1.82) is 0 Å². The first kappa shape index (κ1) is 19.8. The van der Waals surface area contributed by atoms with E-state index in [-0.39, 0.29) is 6.61 Å². The second kappa shape index (κ2) is 7.52. The van der Waals surface area contributed by atoms with E-state index in [4.69, 9.17) is 4.74 Å². The summed E-state index contributed by atoms with van der Waals surface area (Å²) in [5.41, 5.74) is -4.16. The summed E-state index contributed by atoms with van der Waals surface area (Å²) in [5, 5.41) is 12.6. The van der Waals surface area contributed by atoms with Gasteiger partial charge in [0.1, 0.15) is 6.04 Å². The Hall–Kier alpha value is -2.29. The zero-order valence-corrected chi connectivity index (χ0v) is 13.3. The van der Waals surface area contributed by atoms with Crippen molar-refractivity contribution in [3.05, 3.63) is 29.8 Å². The largest absolute Gasteiger partial charge is 0.466 e. The third-order valence-electron chi connectivity index (χ3n) is 3.22. The van der Waals surface area contributed by atoms with E-state index in [0.717, 1.165) is 19.2 Å². The zero-order valence-electron chi connectivity index (χ0n) is 13.3. The molecule has 24 heavy (non-hydrogen) atoms. The number of hydrogen-bond donors (Lipinski definition) is 2. The summed E-state index contributed by atoms with van der Waals surface area (Å²) in [6.45, 7) is 3.36. The number of aliphatic hydroxyl groups is 1. The molecular weight excluding hydrogens is 331 g/mol. The van der Waals surface area contributed by atoms with Crippen LogP contribution in [0.25, 0.3) is 0 Å². The number of nitrogens with one attached hydrogen (secondary N) is 1. The molecule has 0 heterocycles. The maximum Gasteiger partial charge on any atom is 0.432 e. The minimum atomic E-state index is -5.26. The van der Waals surface area contributed by atoms with Crippen molar-refractivity contribution in [3.8, 4) is 0 Å². The summed E-state index contributed by atoms with van der Waals surface area (Å²) in [7, 11) is 0.746. The Morgan fingerprint density at radius 2 is 1.79 bits per heavy atom. The van der Waals surface area contributed by atoms with Gasteiger partial charge in [0, 0.05) is 11.3 Å². The molecule has 6 nitrogen and oxygen atoms in total. The van der Waals surface area contributed by atoms with Crippen LogP contribution in [0.2, 0.25) is 0 Å². The molecule has 0 spiro atoms. The van der Waals surface area contributed by atoms with Crippen molar-refractivity contribution in [1.82, 2.24) is 0 Å². The van der Waals surface area contributed by atoms with Crippen molar-refractivity contribution >= 4 is 17.6 Å². The predicted molar refractivity (Wildman–Crippen MR) is 78.1 cm³/mol. The number of carbonyl (C=O) groups excluding carboxylic acids is 2. The Morgan fingerprint density at radius 1 is 1.25 bits per heavy atom. The van der Waals surface area contributed by atoms with Crippen LogP contribution in [0.4, 0.5) is 18.9 Å². The van der Waals surface area contributed by atoms with Crippen LogP contribution >= 0.6 is 0 Å². The minimum absolute atomic E-state index is 0.196. The Kier molecular flexibility index (Phi) is 6.19. The first-order chi connectivity index (χ1) is 11.1. The van der Waals surface area contributed by atoms with E-state index in [2.05, 4.69) is 10.1 Å². The summed E-state index contributed by atoms with van der Waals surface area (Å²) >= 11 is 0. The van der Waals surface area contributed by atoms with E-state index in [1.54, 1.807) is 6.92 Å². The fourth-order valence-corrected chi connectivity index (χ4v) is 1.93. The second-order valence-electron chi connectivity index (χ2n) is 4.90. The third-order valence-corrected chi connectivity index (χ3v) is 3.22. The van der Waals surface area contributed by atoms with Crippen molar-refractivity contribution in [3.63, 3.8) is 0 Å². The first-order valence-electron chi connectivity index (χ1n) is 6.99. The second-order valence-corrected chi connectivity index (χ2v) is 4.90. The molecule has 0 radical (unpaired) electrons. The van der Waals surface area contributed by atoms with Crippen LogP contribution in [-0.2, 0) is 24.7 Å². The molecule has 2 unspecified atom stereocenters. The van der Waals surface area contributed by atoms with Gasteiger partial charge in [0.2, 0.25) is 0 Å². The smallest absolute Gasteiger partial charge is 0.432 e. The molecular formula is C15H18F3NO5. The number of halogens is 3. The number of hydrogen-bond acceptors (Lipinski definition) is 6. The van der Waals surface area contributed by atoms with Gasteiger partial charge in [-0.2, -0.15) is 13.2 Å². The van der Waals surface area contributed by atoms with Crippen LogP contribution in [0.15, 0.2) is 24.3 Å². The molecule has 134 valence electrons. The number of carbonyl (C=O) groups is 2. The van der Waals surface area contributed by atoms with E-state index >= 15 is 0 Å². The predicted octanol–water partition coefficient (Wildman–Crippen LogP) is 1.97. The summed E-state index contributed by atoms with van der Waals surface area (Å²) in [6, 6.07) is 3.52. The van der Waals surface area contributed by atoms with Crippen LogP contribution in [-0.4, -0.2) is 43.0 Å². The maximum absolute atomic E-state index is 13.1. The Morgan fingerprint density at radius 3 is 2.21 bits per heavy atom. The topological polar surface area (TPSA) is 84.9 Å². The quantitative estimate of drug-likeness (QED) is 0.764. The fourth-order valence-electron chi connectivity index (χ4n) is 1.93. The molecule has 0 saturated carbocycles. The molecule has 0 bridgehead atoms. The molecule has 0 aromatic heterocycles. The fraction of sp³-hybridized carbons (Fsp3) is 0.467. The minimum Gasteiger partial charge on any atom is -0.466 e. The van der Waals surface area contributed by atoms with E-state index in [9.17, 15) is 27.9 Å². The van der Waals surface area contributed by atoms with Gasteiger partial charge in [-0.3, -0.25) is 0 Å². The highest BCUT2D eigenvalue weighted by molar-refractivity contribution is 5.82. The average Bonchev–Trinajstić information content (AvgIpc) is 2.53. The molecule has 0 amide bonds. The zero-order chi connectivity index (χ0) is 18.5. The molecule has 9 heteroatoms. The molecule has 1 aromatic rings. The van der Waals surface area contributed by atoms with E-state index in [0.29, 0.717) is 5.69 Å². The van der Waals surface area contributed by atoms with Crippen molar-refractivity contribution in [2.24, 2.45) is 0 Å². The maximum atomic E-state index is 13.1. The van der Waals surface area contributed by atoms with Crippen molar-refractivity contribution in [2.45, 2.75) is 31.7 Å². The summed E-state index contributed by atoms with van der Waals surface area (Å²) in [5.74, 6) is -2.36. The lowest BCUT2D eigenvalue weighted by molar-refractivity contribution is -0.266. The van der Waals surface area contributed by atoms with Crippen LogP contribution in [0.1, 0.15) is 19.4 Å². The van der Waals surface area contributed by atoms with E-state index in [1.807, 2.05) is 0 Å². The molecule has 0 aliphatic heterocycles. The van der Waals surface area contributed by atoms with Gasteiger partial charge >= 0.3 is 18.1 Å². The number of benzene rings is 1. The molecule has 1 rings (SSSR count). The number of ether oxygens (including phenoxy) is 2. The highest BCUT2D eigenvalue weighted by Gasteiger charge is 2.62. The Bertz CT molecular complexity index is 588. The normalized spacial score (nSPS) is 15.1. The lowest BCUT2D eigenvalue weighted by Gasteiger charge is -2.28. The van der Waals surface area contributed by atoms with Gasteiger partial charge in [0.05, 0.1) is 13.7 Å². The van der Waals surface area contributed by atoms with Crippen LogP contribution in [0.3, 0.4) is 0 Å². The van der Waals surface area contributed by atoms with Gasteiger partial charge in [0.15, 0.2) is 0 Å². The van der Waals surface area contributed by atoms with Crippen molar-refractivity contribution < 1.29 is 37.3 Å². The highest BCUT2D eigenvalue weighted by atomic mass is 19.4. The standard InChI is InChI=1S/C15H18F3NO5/c1-4-24-12(20)9(2)19-11-7-5-10(6-8-11)14(22,13(21)23-3)15(16,17)18/h5-9,19,22H,4H2,1-3H3. The van der Waals surface area contributed by atoms with Crippen LogP contribution in [0, 0.1) is 0 Å². The number of alkyl halides is 3. The molecule has 0 saturated heterocycles. The van der Waals surface area contributed by atoms with Crippen LogP contribution < -0.4 is 5.32 Å². The number of rotatable bonds is 6. The molecule has 0 fully saturated rings. The van der Waals surface area contributed by atoms with Gasteiger partial charge in [0.25, 0.3) is 5.60 Å². The van der Waals surface area contributed by atoms with Gasteiger partial charge < -0.3 is 19.9 Å². The Balaban J connectivity index is 3.04. The molecule has 1 aromatic carbocycles. The first-order valence-corrected chi connectivity index (χ1v) is 6.99.